The minimum absolute atomic E-state index is 0.108. The first kappa shape index (κ1) is 9.19. The van der Waals surface area contributed by atoms with Crippen LogP contribution in [0.25, 0.3) is 0 Å². The normalized spacial score (nSPS) is 10.7. The molecule has 0 atom stereocenters. The number of aromatic amines is 1. The Morgan fingerprint density at radius 1 is 1.58 bits per heavy atom. The molecule has 0 radical (unpaired) electrons. The Labute approximate surface area is 72.2 Å². The monoisotopic (exact) mass is 193 g/mol. The van der Waals surface area contributed by atoms with Crippen molar-refractivity contribution in [1.82, 2.24) is 4.98 Å². The number of hydrogen-bond acceptors (Lipinski definition) is 1. The van der Waals surface area contributed by atoms with Crippen LogP contribution < -0.4 is 5.56 Å². The predicted molar refractivity (Wildman–Crippen MR) is 41.6 cm³/mol. The van der Waals surface area contributed by atoms with Crippen molar-refractivity contribution in [1.29, 1.82) is 0 Å². The number of aromatic nitrogens is 1. The van der Waals surface area contributed by atoms with E-state index in [0.717, 1.165) is 6.07 Å². The molecule has 0 spiro atoms. The van der Waals surface area contributed by atoms with Gasteiger partial charge < -0.3 is 4.98 Å². The highest BCUT2D eigenvalue weighted by atomic mass is 35.5. The van der Waals surface area contributed by atoms with Crippen molar-refractivity contribution >= 4 is 11.6 Å². The summed E-state index contributed by atoms with van der Waals surface area (Å²) in [5, 5.41) is 0. The van der Waals surface area contributed by atoms with Gasteiger partial charge in [-0.2, -0.15) is 0 Å². The number of nitrogens with one attached hydrogen (secondary N) is 1. The number of H-pyrrole nitrogens is 1. The molecule has 0 aromatic carbocycles. The lowest BCUT2D eigenvalue weighted by Crippen LogP contribution is -2.12. The Morgan fingerprint density at radius 3 is 2.75 bits per heavy atom. The molecule has 5 heteroatoms. The summed E-state index contributed by atoms with van der Waals surface area (Å²) in [5.74, 6) is 0.108. The van der Waals surface area contributed by atoms with Gasteiger partial charge in [0.1, 0.15) is 0 Å². The van der Waals surface area contributed by atoms with Gasteiger partial charge in [0, 0.05) is 12.1 Å². The van der Waals surface area contributed by atoms with E-state index in [4.69, 9.17) is 11.6 Å². The van der Waals surface area contributed by atoms with Crippen molar-refractivity contribution in [2.75, 3.05) is 0 Å². The van der Waals surface area contributed by atoms with Crippen molar-refractivity contribution in [3.05, 3.63) is 33.7 Å². The summed E-state index contributed by atoms with van der Waals surface area (Å²) in [4.78, 5) is 12.9. The fourth-order valence-electron chi connectivity index (χ4n) is 0.788. The second-order valence-electron chi connectivity index (χ2n) is 2.23. The molecule has 1 rings (SSSR count). The minimum Gasteiger partial charge on any atom is -0.328 e. The zero-order valence-corrected chi connectivity index (χ0v) is 6.74. The molecule has 0 aliphatic rings. The molecule has 0 saturated carbocycles. The number of pyridine rings is 1. The van der Waals surface area contributed by atoms with Crippen molar-refractivity contribution in [2.24, 2.45) is 0 Å². The lowest BCUT2D eigenvalue weighted by Gasteiger charge is -1.99. The predicted octanol–water partition coefficient (Wildman–Crippen LogP) is 2.05. The van der Waals surface area contributed by atoms with Gasteiger partial charge in [0.2, 0.25) is 0 Å². The van der Waals surface area contributed by atoms with E-state index in [-0.39, 0.29) is 5.88 Å². The molecule has 1 N–H and O–H groups in total. The molecule has 0 fully saturated rings. The summed E-state index contributed by atoms with van der Waals surface area (Å²) >= 11 is 5.39. The van der Waals surface area contributed by atoms with E-state index in [2.05, 4.69) is 4.98 Å². The lowest BCUT2D eigenvalue weighted by molar-refractivity contribution is 0.149. The summed E-state index contributed by atoms with van der Waals surface area (Å²) in [7, 11) is 0. The maximum atomic E-state index is 12.1. The number of halogens is 3. The summed E-state index contributed by atoms with van der Waals surface area (Å²) in [6, 6.07) is 1.11. The highest BCUT2D eigenvalue weighted by Crippen LogP contribution is 2.15. The van der Waals surface area contributed by atoms with Crippen LogP contribution in [-0.4, -0.2) is 4.98 Å². The van der Waals surface area contributed by atoms with Crippen LogP contribution in [-0.2, 0) is 5.88 Å². The van der Waals surface area contributed by atoms with Gasteiger partial charge in [-0.1, -0.05) is 0 Å². The van der Waals surface area contributed by atoms with Crippen LogP contribution in [0.2, 0.25) is 0 Å². The van der Waals surface area contributed by atoms with Crippen molar-refractivity contribution in [2.45, 2.75) is 12.3 Å². The Bertz CT molecular complexity index is 323. The second kappa shape index (κ2) is 3.67. The van der Waals surface area contributed by atoms with E-state index >= 15 is 0 Å². The zero-order valence-electron chi connectivity index (χ0n) is 5.98. The van der Waals surface area contributed by atoms with Crippen LogP contribution >= 0.6 is 11.6 Å². The topological polar surface area (TPSA) is 32.9 Å². The summed E-state index contributed by atoms with van der Waals surface area (Å²) < 4.78 is 24.2. The number of alkyl halides is 3. The third kappa shape index (κ3) is 1.82. The Morgan fingerprint density at radius 2 is 2.25 bits per heavy atom. The van der Waals surface area contributed by atoms with E-state index in [9.17, 15) is 13.6 Å². The largest absolute Gasteiger partial charge is 0.328 e. The smallest absolute Gasteiger partial charge is 0.269 e. The number of rotatable bonds is 2. The maximum absolute atomic E-state index is 12.1. The Kier molecular flexibility index (Phi) is 2.81. The second-order valence-corrected chi connectivity index (χ2v) is 2.49. The molecule has 0 aliphatic heterocycles. The van der Waals surface area contributed by atoms with E-state index in [1.165, 1.54) is 6.20 Å². The highest BCUT2D eigenvalue weighted by Gasteiger charge is 2.11. The molecular weight excluding hydrogens is 188 g/mol. The van der Waals surface area contributed by atoms with Crippen molar-refractivity contribution < 1.29 is 8.78 Å². The third-order valence-corrected chi connectivity index (χ3v) is 1.69. The first-order valence-corrected chi connectivity index (χ1v) is 3.74. The molecular formula is C7H6ClF2NO. The molecule has 0 saturated heterocycles. The molecule has 0 unspecified atom stereocenters. The summed E-state index contributed by atoms with van der Waals surface area (Å²) in [6.07, 6.45) is -1.43. The van der Waals surface area contributed by atoms with Gasteiger partial charge in [-0.25, -0.2) is 8.78 Å². The van der Waals surface area contributed by atoms with Gasteiger partial charge in [0.05, 0.1) is 5.56 Å². The first-order chi connectivity index (χ1) is 5.65. The van der Waals surface area contributed by atoms with E-state index < -0.39 is 17.5 Å². The van der Waals surface area contributed by atoms with E-state index in [0.29, 0.717) is 5.56 Å². The molecule has 2 nitrogen and oxygen atoms in total. The van der Waals surface area contributed by atoms with Gasteiger partial charge in [-0.15, -0.1) is 11.6 Å². The minimum atomic E-state index is -2.75. The fourth-order valence-corrected chi connectivity index (χ4v) is 0.942. The van der Waals surface area contributed by atoms with Crippen LogP contribution in [0.3, 0.4) is 0 Å². The lowest BCUT2D eigenvalue weighted by atomic mass is 10.2. The first-order valence-electron chi connectivity index (χ1n) is 3.20. The average molecular weight is 194 g/mol. The maximum Gasteiger partial charge on any atom is 0.269 e. The Balaban J connectivity index is 3.17. The number of hydrogen-bond donors (Lipinski definition) is 1. The van der Waals surface area contributed by atoms with E-state index in [1.807, 2.05) is 0 Å². The molecule has 0 amide bonds. The summed E-state index contributed by atoms with van der Waals surface area (Å²) in [6.45, 7) is 0. The molecule has 1 heterocycles. The molecule has 0 aliphatic carbocycles. The third-order valence-electron chi connectivity index (χ3n) is 1.38. The SMILES string of the molecule is O=c1[nH]cc(CCl)cc1C(F)F. The highest BCUT2D eigenvalue weighted by molar-refractivity contribution is 6.17. The Hall–Kier alpha value is -0.900. The van der Waals surface area contributed by atoms with Crippen molar-refractivity contribution in [3.8, 4) is 0 Å². The van der Waals surface area contributed by atoms with Gasteiger partial charge in [-0.05, 0) is 11.6 Å². The molecule has 1 aromatic rings. The van der Waals surface area contributed by atoms with Crippen LogP contribution in [0.15, 0.2) is 17.1 Å². The van der Waals surface area contributed by atoms with E-state index in [1.54, 1.807) is 0 Å². The van der Waals surface area contributed by atoms with Gasteiger partial charge in [-0.3, -0.25) is 4.79 Å². The quantitative estimate of drug-likeness (QED) is 0.717. The van der Waals surface area contributed by atoms with Crippen LogP contribution in [0.5, 0.6) is 0 Å². The zero-order chi connectivity index (χ0) is 9.14. The summed E-state index contributed by atoms with van der Waals surface area (Å²) in [5.41, 5.74) is -0.821. The molecule has 66 valence electrons. The van der Waals surface area contributed by atoms with Crippen LogP contribution in [0, 0.1) is 0 Å². The molecule has 0 bridgehead atoms. The molecule has 12 heavy (non-hydrogen) atoms. The average Bonchev–Trinajstić information content (AvgIpc) is 2.05. The standard InChI is InChI=1S/C7H6ClF2NO/c8-2-4-1-5(6(9)10)7(12)11-3-4/h1,3,6H,2H2,(H,11,12). The van der Waals surface area contributed by atoms with Gasteiger partial charge in [0.15, 0.2) is 0 Å². The fraction of sp³-hybridized carbons (Fsp3) is 0.286. The molecule has 1 aromatic heterocycles. The van der Waals surface area contributed by atoms with Gasteiger partial charge >= 0.3 is 0 Å². The van der Waals surface area contributed by atoms with Crippen LogP contribution in [0.1, 0.15) is 17.6 Å². The van der Waals surface area contributed by atoms with Crippen molar-refractivity contribution in [3.63, 3.8) is 0 Å². The van der Waals surface area contributed by atoms with Crippen LogP contribution in [0.4, 0.5) is 8.78 Å². The van der Waals surface area contributed by atoms with Gasteiger partial charge in [0.25, 0.3) is 12.0 Å².